The molecule has 1 aromatic rings. The molecule has 0 bridgehead atoms. The maximum Gasteiger partial charge on any atom is 0.243 e. The van der Waals surface area contributed by atoms with Gasteiger partial charge in [-0.05, 0) is 55.2 Å². The predicted octanol–water partition coefficient (Wildman–Crippen LogP) is 3.48. The van der Waals surface area contributed by atoms with E-state index >= 15 is 0 Å². The van der Waals surface area contributed by atoms with Crippen LogP contribution in [0.15, 0.2) is 18.2 Å². The normalized spacial score (nSPS) is 15.7. The minimum Gasteiger partial charge on any atom is -0.289 e. The highest BCUT2D eigenvalue weighted by atomic mass is 16.5. The lowest BCUT2D eigenvalue weighted by Gasteiger charge is -2.13. The number of hydrogen-bond donors (Lipinski definition) is 2. The molecule has 2 rings (SSSR count). The van der Waals surface area contributed by atoms with E-state index in [0.29, 0.717) is 6.42 Å². The summed E-state index contributed by atoms with van der Waals surface area (Å²) in [4.78, 5) is 11.0. The first-order valence-electron chi connectivity index (χ1n) is 7.23. The lowest BCUT2D eigenvalue weighted by atomic mass is 9.93. The highest BCUT2D eigenvalue weighted by molar-refractivity contribution is 5.74. The van der Waals surface area contributed by atoms with Crippen LogP contribution in [0.2, 0.25) is 0 Å². The van der Waals surface area contributed by atoms with Crippen molar-refractivity contribution in [3.63, 3.8) is 0 Å². The van der Waals surface area contributed by atoms with Gasteiger partial charge in [0.05, 0.1) is 0 Å². The fraction of sp³-hybridized carbons (Fsp3) is 0.562. The molecule has 0 heterocycles. The zero-order valence-electron chi connectivity index (χ0n) is 11.6. The van der Waals surface area contributed by atoms with Gasteiger partial charge >= 0.3 is 0 Å². The van der Waals surface area contributed by atoms with Gasteiger partial charge in [0.2, 0.25) is 5.91 Å². The number of carbonyl (C=O) groups excluding carboxylic acids is 1. The molecule has 1 aliphatic carbocycles. The van der Waals surface area contributed by atoms with E-state index in [1.165, 1.54) is 42.4 Å². The van der Waals surface area contributed by atoms with E-state index in [1.54, 1.807) is 5.48 Å². The number of nitrogens with one attached hydrogen (secondary N) is 1. The Hall–Kier alpha value is -1.35. The Labute approximate surface area is 115 Å². The molecule has 1 amide bonds. The fourth-order valence-electron chi connectivity index (χ4n) is 3.01. The third-order valence-electron chi connectivity index (χ3n) is 4.17. The van der Waals surface area contributed by atoms with Crippen LogP contribution in [0.1, 0.15) is 61.1 Å². The van der Waals surface area contributed by atoms with Crippen LogP contribution >= 0.6 is 0 Å². The molecule has 0 aromatic heterocycles. The van der Waals surface area contributed by atoms with E-state index in [4.69, 9.17) is 5.21 Å². The quantitative estimate of drug-likeness (QED) is 0.629. The summed E-state index contributed by atoms with van der Waals surface area (Å²) in [5, 5.41) is 8.44. The van der Waals surface area contributed by atoms with E-state index in [2.05, 4.69) is 25.1 Å². The second-order valence-corrected chi connectivity index (χ2v) is 5.56. The third kappa shape index (κ3) is 3.80. The van der Waals surface area contributed by atoms with E-state index in [0.717, 1.165) is 18.8 Å². The van der Waals surface area contributed by atoms with Gasteiger partial charge in [0.15, 0.2) is 0 Å². The van der Waals surface area contributed by atoms with Gasteiger partial charge < -0.3 is 0 Å². The standard InChI is InChI=1S/C16H23NO2/c1-12-11-15(14-5-2-3-6-14)10-9-13(12)7-4-8-16(18)17-19/h9-11,14,19H,2-8H2,1H3,(H,17,18). The molecule has 1 aliphatic rings. The SMILES string of the molecule is Cc1cc(C2CCCC2)ccc1CCCC(=O)NO. The molecule has 3 nitrogen and oxygen atoms in total. The fourth-order valence-corrected chi connectivity index (χ4v) is 3.01. The molecule has 1 fully saturated rings. The number of rotatable bonds is 5. The monoisotopic (exact) mass is 261 g/mol. The van der Waals surface area contributed by atoms with Gasteiger partial charge in [-0.15, -0.1) is 0 Å². The molecule has 0 aliphatic heterocycles. The summed E-state index contributed by atoms with van der Waals surface area (Å²) in [6, 6.07) is 6.78. The Kier molecular flexibility index (Phi) is 4.97. The summed E-state index contributed by atoms with van der Waals surface area (Å²) in [7, 11) is 0. The number of aryl methyl sites for hydroxylation is 2. The van der Waals surface area contributed by atoms with E-state index in [9.17, 15) is 4.79 Å². The Morgan fingerprint density at radius 3 is 2.74 bits per heavy atom. The summed E-state index contributed by atoms with van der Waals surface area (Å²) in [6.07, 6.45) is 7.43. The second kappa shape index (κ2) is 6.71. The molecular formula is C16H23NO2. The smallest absolute Gasteiger partial charge is 0.243 e. The van der Waals surface area contributed by atoms with E-state index in [1.807, 2.05) is 0 Å². The largest absolute Gasteiger partial charge is 0.289 e. The minimum absolute atomic E-state index is 0.305. The van der Waals surface area contributed by atoms with Gasteiger partial charge in [-0.2, -0.15) is 0 Å². The Bertz CT molecular complexity index is 436. The molecule has 0 spiro atoms. The Morgan fingerprint density at radius 1 is 1.37 bits per heavy atom. The summed E-state index contributed by atoms with van der Waals surface area (Å²) in [5.74, 6) is 0.452. The van der Waals surface area contributed by atoms with Crippen LogP contribution in [0.4, 0.5) is 0 Å². The molecule has 104 valence electrons. The lowest BCUT2D eigenvalue weighted by Crippen LogP contribution is -2.18. The van der Waals surface area contributed by atoms with Crippen molar-refractivity contribution in [2.75, 3.05) is 0 Å². The van der Waals surface area contributed by atoms with Crippen molar-refractivity contribution in [1.82, 2.24) is 5.48 Å². The number of benzene rings is 1. The summed E-state index contributed by atoms with van der Waals surface area (Å²) in [6.45, 7) is 2.15. The predicted molar refractivity (Wildman–Crippen MR) is 75.3 cm³/mol. The van der Waals surface area contributed by atoms with Crippen molar-refractivity contribution in [3.8, 4) is 0 Å². The zero-order valence-corrected chi connectivity index (χ0v) is 11.6. The number of carbonyl (C=O) groups is 1. The summed E-state index contributed by atoms with van der Waals surface area (Å²) in [5.41, 5.74) is 5.79. The van der Waals surface area contributed by atoms with Gasteiger partial charge in [0.1, 0.15) is 0 Å². The molecule has 2 N–H and O–H groups in total. The topological polar surface area (TPSA) is 49.3 Å². The number of amides is 1. The molecular weight excluding hydrogens is 238 g/mol. The highest BCUT2D eigenvalue weighted by Crippen LogP contribution is 2.34. The average Bonchev–Trinajstić information content (AvgIpc) is 2.94. The first kappa shape index (κ1) is 14.1. The van der Waals surface area contributed by atoms with Crippen molar-refractivity contribution < 1.29 is 10.0 Å². The van der Waals surface area contributed by atoms with Gasteiger partial charge in [-0.3, -0.25) is 10.0 Å². The summed E-state index contributed by atoms with van der Waals surface area (Å²) < 4.78 is 0. The van der Waals surface area contributed by atoms with Crippen LogP contribution in [-0.2, 0) is 11.2 Å². The van der Waals surface area contributed by atoms with Crippen LogP contribution in [-0.4, -0.2) is 11.1 Å². The van der Waals surface area contributed by atoms with Gasteiger partial charge in [0, 0.05) is 6.42 Å². The van der Waals surface area contributed by atoms with Crippen molar-refractivity contribution in [2.45, 2.75) is 57.8 Å². The lowest BCUT2D eigenvalue weighted by molar-refractivity contribution is -0.129. The third-order valence-corrected chi connectivity index (χ3v) is 4.17. The number of hydrogen-bond acceptors (Lipinski definition) is 2. The maximum atomic E-state index is 11.0. The van der Waals surface area contributed by atoms with Crippen LogP contribution in [0.5, 0.6) is 0 Å². The van der Waals surface area contributed by atoms with Crippen molar-refractivity contribution >= 4 is 5.91 Å². The van der Waals surface area contributed by atoms with Crippen molar-refractivity contribution in [3.05, 3.63) is 34.9 Å². The van der Waals surface area contributed by atoms with E-state index in [-0.39, 0.29) is 5.91 Å². The molecule has 1 saturated carbocycles. The molecule has 1 aromatic carbocycles. The first-order valence-corrected chi connectivity index (χ1v) is 7.23. The molecule has 0 atom stereocenters. The molecule has 0 radical (unpaired) electrons. The van der Waals surface area contributed by atoms with Gasteiger partial charge in [0.25, 0.3) is 0 Å². The van der Waals surface area contributed by atoms with Gasteiger partial charge in [-0.1, -0.05) is 31.0 Å². The Morgan fingerprint density at radius 2 is 2.11 bits per heavy atom. The molecule has 3 heteroatoms. The van der Waals surface area contributed by atoms with Crippen LogP contribution in [0.25, 0.3) is 0 Å². The highest BCUT2D eigenvalue weighted by Gasteiger charge is 2.17. The van der Waals surface area contributed by atoms with Crippen molar-refractivity contribution in [1.29, 1.82) is 0 Å². The zero-order chi connectivity index (χ0) is 13.7. The molecule has 0 saturated heterocycles. The van der Waals surface area contributed by atoms with Gasteiger partial charge in [-0.25, -0.2) is 5.48 Å². The van der Waals surface area contributed by atoms with Crippen LogP contribution in [0.3, 0.4) is 0 Å². The Balaban J connectivity index is 1.93. The average molecular weight is 261 g/mol. The van der Waals surface area contributed by atoms with Crippen LogP contribution < -0.4 is 5.48 Å². The summed E-state index contributed by atoms with van der Waals surface area (Å²) >= 11 is 0. The number of hydroxylamine groups is 1. The van der Waals surface area contributed by atoms with E-state index < -0.39 is 0 Å². The van der Waals surface area contributed by atoms with Crippen LogP contribution in [0, 0.1) is 6.92 Å². The second-order valence-electron chi connectivity index (χ2n) is 5.56. The first-order chi connectivity index (χ1) is 9.20. The molecule has 0 unspecified atom stereocenters. The molecule has 19 heavy (non-hydrogen) atoms. The minimum atomic E-state index is -0.305. The maximum absolute atomic E-state index is 11.0. The van der Waals surface area contributed by atoms with Crippen molar-refractivity contribution in [2.24, 2.45) is 0 Å².